The fourth-order valence-electron chi connectivity index (χ4n) is 1.81. The minimum atomic E-state index is -0.337. The van der Waals surface area contributed by atoms with Crippen LogP contribution in [-0.2, 0) is 13.1 Å². The maximum atomic E-state index is 12.2. The summed E-state index contributed by atoms with van der Waals surface area (Å²) in [6, 6.07) is 5.07. The van der Waals surface area contributed by atoms with Crippen molar-refractivity contribution in [3.8, 4) is 0 Å². The Hall–Kier alpha value is -1.73. The van der Waals surface area contributed by atoms with Gasteiger partial charge in [0.1, 0.15) is 0 Å². The largest absolute Gasteiger partial charge is 0.331 e. The maximum absolute atomic E-state index is 12.2. The smallest absolute Gasteiger partial charge is 0.330 e. The Bertz CT molecular complexity index is 691. The zero-order chi connectivity index (χ0) is 14.5. The molecule has 0 aliphatic heterocycles. The Labute approximate surface area is 124 Å². The lowest BCUT2D eigenvalue weighted by molar-refractivity contribution is 0.552. The Kier molecular flexibility index (Phi) is 4.86. The fourth-order valence-corrected chi connectivity index (χ4v) is 2.04. The summed E-state index contributed by atoms with van der Waals surface area (Å²) in [7, 11) is 0. The molecule has 0 saturated carbocycles. The predicted octanol–water partition coefficient (Wildman–Crippen LogP) is 0.565. The van der Waals surface area contributed by atoms with Crippen molar-refractivity contribution in [3.63, 3.8) is 0 Å². The van der Waals surface area contributed by atoms with Crippen LogP contribution >= 0.6 is 15.9 Å². The topological polar surface area (TPSA) is 82.9 Å². The molecule has 2 aromatic heterocycles. The van der Waals surface area contributed by atoms with Gasteiger partial charge in [0.2, 0.25) is 0 Å². The van der Waals surface area contributed by atoms with Gasteiger partial charge in [-0.2, -0.15) is 0 Å². The first-order chi connectivity index (χ1) is 9.61. The second-order valence-corrected chi connectivity index (χ2v) is 5.24. The molecule has 0 amide bonds. The van der Waals surface area contributed by atoms with Crippen LogP contribution in [-0.4, -0.2) is 20.7 Å². The summed E-state index contributed by atoms with van der Waals surface area (Å²) in [6.07, 6.45) is 3.76. The van der Waals surface area contributed by atoms with E-state index >= 15 is 0 Å². The van der Waals surface area contributed by atoms with Crippen molar-refractivity contribution in [1.82, 2.24) is 14.1 Å². The highest BCUT2D eigenvalue weighted by Gasteiger charge is 2.06. The lowest BCUT2D eigenvalue weighted by Gasteiger charge is -2.09. The number of nitrogens with zero attached hydrogens (tertiary/aromatic N) is 3. The van der Waals surface area contributed by atoms with E-state index in [-0.39, 0.29) is 11.2 Å². The highest BCUT2D eigenvalue weighted by Crippen LogP contribution is 2.07. The van der Waals surface area contributed by atoms with Gasteiger partial charge in [-0.15, -0.1) is 0 Å². The van der Waals surface area contributed by atoms with E-state index < -0.39 is 0 Å². The molecule has 0 saturated heterocycles. The van der Waals surface area contributed by atoms with E-state index in [1.165, 1.54) is 21.4 Å². The molecule has 106 valence electrons. The molecule has 6 nitrogen and oxygen atoms in total. The Morgan fingerprint density at radius 1 is 1.25 bits per heavy atom. The molecule has 0 aromatic carbocycles. The van der Waals surface area contributed by atoms with Crippen molar-refractivity contribution in [2.24, 2.45) is 5.73 Å². The molecule has 7 heteroatoms. The summed E-state index contributed by atoms with van der Waals surface area (Å²) < 4.78 is 3.54. The molecule has 0 aliphatic carbocycles. The van der Waals surface area contributed by atoms with E-state index in [0.717, 1.165) is 10.2 Å². The van der Waals surface area contributed by atoms with E-state index in [0.29, 0.717) is 26.1 Å². The summed E-state index contributed by atoms with van der Waals surface area (Å²) >= 11 is 3.31. The Morgan fingerprint density at radius 3 is 2.70 bits per heavy atom. The molecule has 0 fully saturated rings. The van der Waals surface area contributed by atoms with Crippen LogP contribution in [0.15, 0.2) is 44.7 Å². The predicted molar refractivity (Wildman–Crippen MR) is 79.7 cm³/mol. The average molecular weight is 339 g/mol. The van der Waals surface area contributed by atoms with E-state index in [1.54, 1.807) is 6.20 Å². The average Bonchev–Trinajstić information content (AvgIpc) is 2.44. The molecular weight excluding hydrogens is 324 g/mol. The molecule has 0 unspecified atom stereocenters. The summed E-state index contributed by atoms with van der Waals surface area (Å²) in [5.74, 6) is 0. The van der Waals surface area contributed by atoms with Gasteiger partial charge in [0.05, 0.1) is 12.2 Å². The molecule has 0 spiro atoms. The number of hydrogen-bond acceptors (Lipinski definition) is 4. The Morgan fingerprint density at radius 2 is 2.05 bits per heavy atom. The van der Waals surface area contributed by atoms with Crippen LogP contribution in [0.2, 0.25) is 0 Å². The first kappa shape index (κ1) is 14.7. The number of halogens is 1. The number of aromatic nitrogens is 3. The molecule has 20 heavy (non-hydrogen) atoms. The minimum absolute atomic E-state index is 0.302. The van der Waals surface area contributed by atoms with Gasteiger partial charge >= 0.3 is 5.69 Å². The van der Waals surface area contributed by atoms with Gasteiger partial charge in [-0.25, -0.2) is 4.79 Å². The molecule has 0 radical (unpaired) electrons. The maximum Gasteiger partial charge on any atom is 0.331 e. The number of nitrogens with two attached hydrogens (primary N) is 1. The third-order valence-corrected chi connectivity index (χ3v) is 3.32. The molecule has 2 rings (SSSR count). The van der Waals surface area contributed by atoms with Crippen molar-refractivity contribution in [1.29, 1.82) is 0 Å². The first-order valence-corrected chi connectivity index (χ1v) is 7.02. The van der Waals surface area contributed by atoms with Gasteiger partial charge in [-0.3, -0.25) is 18.9 Å². The monoisotopic (exact) mass is 338 g/mol. The van der Waals surface area contributed by atoms with Gasteiger partial charge in [0.25, 0.3) is 5.56 Å². The van der Waals surface area contributed by atoms with Crippen molar-refractivity contribution >= 4 is 15.9 Å². The normalized spacial score (nSPS) is 10.7. The lowest BCUT2D eigenvalue weighted by atomic mass is 10.3. The quantitative estimate of drug-likeness (QED) is 0.863. The van der Waals surface area contributed by atoms with E-state index in [2.05, 4.69) is 20.9 Å². The van der Waals surface area contributed by atoms with E-state index in [9.17, 15) is 9.59 Å². The highest BCUT2D eigenvalue weighted by molar-refractivity contribution is 9.10. The van der Waals surface area contributed by atoms with Crippen molar-refractivity contribution < 1.29 is 0 Å². The molecular formula is C13H15BrN4O2. The van der Waals surface area contributed by atoms with Gasteiger partial charge in [-0.1, -0.05) is 0 Å². The second kappa shape index (κ2) is 6.62. The van der Waals surface area contributed by atoms with Crippen LogP contribution in [0.3, 0.4) is 0 Å². The summed E-state index contributed by atoms with van der Waals surface area (Å²) in [5, 5.41) is 0. The third kappa shape index (κ3) is 3.43. The third-order valence-electron chi connectivity index (χ3n) is 2.85. The zero-order valence-electron chi connectivity index (χ0n) is 10.8. The van der Waals surface area contributed by atoms with Crippen LogP contribution in [0.5, 0.6) is 0 Å². The highest BCUT2D eigenvalue weighted by atomic mass is 79.9. The van der Waals surface area contributed by atoms with E-state index in [1.807, 2.05) is 12.1 Å². The van der Waals surface area contributed by atoms with Gasteiger partial charge < -0.3 is 5.73 Å². The number of hydrogen-bond donors (Lipinski definition) is 1. The number of rotatable bonds is 5. The van der Waals surface area contributed by atoms with Crippen LogP contribution < -0.4 is 17.0 Å². The molecule has 0 aliphatic rings. The lowest BCUT2D eigenvalue weighted by Crippen LogP contribution is -2.39. The standard InChI is InChI=1S/C13H15BrN4O2/c14-10-2-3-11(16-8-10)9-17-7-4-12(19)18(13(17)20)6-1-5-15/h2-4,7-8H,1,5-6,9,15H2. The molecule has 0 bridgehead atoms. The molecule has 2 heterocycles. The summed E-state index contributed by atoms with van der Waals surface area (Å²) in [4.78, 5) is 28.1. The summed E-state index contributed by atoms with van der Waals surface area (Å²) in [6.45, 7) is 1.10. The van der Waals surface area contributed by atoms with Crippen LogP contribution in [0.1, 0.15) is 12.1 Å². The van der Waals surface area contributed by atoms with Gasteiger partial charge in [-0.05, 0) is 41.0 Å². The number of pyridine rings is 1. The van der Waals surface area contributed by atoms with Crippen molar-refractivity contribution in [2.75, 3.05) is 6.54 Å². The van der Waals surface area contributed by atoms with Crippen molar-refractivity contribution in [3.05, 3.63) is 61.6 Å². The van der Waals surface area contributed by atoms with Crippen LogP contribution in [0.4, 0.5) is 0 Å². The van der Waals surface area contributed by atoms with Crippen LogP contribution in [0, 0.1) is 0 Å². The van der Waals surface area contributed by atoms with Gasteiger partial charge in [0, 0.05) is 29.5 Å². The molecule has 0 atom stereocenters. The minimum Gasteiger partial charge on any atom is -0.330 e. The van der Waals surface area contributed by atoms with Gasteiger partial charge in [0.15, 0.2) is 0 Å². The second-order valence-electron chi connectivity index (χ2n) is 4.33. The Balaban J connectivity index is 2.31. The zero-order valence-corrected chi connectivity index (χ0v) is 12.4. The first-order valence-electron chi connectivity index (χ1n) is 6.22. The fraction of sp³-hybridized carbons (Fsp3) is 0.308. The van der Waals surface area contributed by atoms with Crippen LogP contribution in [0.25, 0.3) is 0 Å². The van der Waals surface area contributed by atoms with Crippen molar-refractivity contribution in [2.45, 2.75) is 19.5 Å². The molecule has 2 N–H and O–H groups in total. The SMILES string of the molecule is NCCCn1c(=O)ccn(Cc2ccc(Br)cn2)c1=O. The summed E-state index contributed by atoms with van der Waals surface area (Å²) in [5.41, 5.74) is 5.52. The molecule has 2 aromatic rings. The van der Waals surface area contributed by atoms with E-state index in [4.69, 9.17) is 5.73 Å².